The summed E-state index contributed by atoms with van der Waals surface area (Å²) in [6.45, 7) is 5.68. The Morgan fingerprint density at radius 2 is 2.44 bits per heavy atom. The minimum absolute atomic E-state index is 0.0280. The van der Waals surface area contributed by atoms with Gasteiger partial charge in [-0.3, -0.25) is 4.79 Å². The summed E-state index contributed by atoms with van der Waals surface area (Å²) in [5.74, 6) is 0.0280. The molecule has 1 saturated heterocycles. The van der Waals surface area contributed by atoms with Crippen LogP contribution in [0, 0.1) is 0 Å². The smallest absolute Gasteiger partial charge is 0.239 e. The van der Waals surface area contributed by atoms with Gasteiger partial charge in [-0.1, -0.05) is 6.08 Å². The summed E-state index contributed by atoms with van der Waals surface area (Å²) in [4.78, 5) is 16.0. The van der Waals surface area contributed by atoms with Gasteiger partial charge in [0, 0.05) is 19.6 Å². The van der Waals surface area contributed by atoms with Crippen LogP contribution in [0.1, 0.15) is 19.3 Å². The van der Waals surface area contributed by atoms with Crippen molar-refractivity contribution < 1.29 is 4.79 Å². The first-order chi connectivity index (χ1) is 7.56. The molecule has 1 rings (SSSR count). The van der Waals surface area contributed by atoms with E-state index in [2.05, 4.69) is 18.5 Å². The van der Waals surface area contributed by atoms with Gasteiger partial charge >= 0.3 is 0 Å². The molecule has 4 nitrogen and oxygen atoms in total. The minimum Gasteiger partial charge on any atom is -0.340 e. The monoisotopic (exact) mass is 225 g/mol. The average molecular weight is 225 g/mol. The predicted octanol–water partition coefficient (Wildman–Crippen LogP) is 0.442. The second-order valence-electron chi connectivity index (χ2n) is 4.64. The van der Waals surface area contributed by atoms with Gasteiger partial charge in [0.2, 0.25) is 5.91 Å². The van der Waals surface area contributed by atoms with Crippen LogP contribution in [0.3, 0.4) is 0 Å². The molecule has 1 heterocycles. The van der Waals surface area contributed by atoms with Gasteiger partial charge in [-0.2, -0.15) is 0 Å². The molecular formula is C12H23N3O. The Balaban J connectivity index is 2.51. The zero-order valence-electron chi connectivity index (χ0n) is 10.4. The van der Waals surface area contributed by atoms with E-state index in [0.717, 1.165) is 25.9 Å². The maximum absolute atomic E-state index is 12.0. The highest BCUT2D eigenvalue weighted by molar-refractivity contribution is 5.81. The van der Waals surface area contributed by atoms with Crippen LogP contribution < -0.4 is 5.73 Å². The molecule has 0 radical (unpaired) electrons. The summed E-state index contributed by atoms with van der Waals surface area (Å²) in [5.41, 5.74) is 5.79. The number of nitrogens with zero attached hydrogens (tertiary/aromatic N) is 2. The normalized spacial score (nSPS) is 23.8. The number of likely N-dealkylation sites (tertiary alicyclic amines) is 1. The summed E-state index contributed by atoms with van der Waals surface area (Å²) in [6, 6.07) is -0.128. The summed E-state index contributed by atoms with van der Waals surface area (Å²) >= 11 is 0. The molecule has 4 heteroatoms. The fourth-order valence-electron chi connectivity index (χ4n) is 2.18. The molecule has 0 aromatic carbocycles. The highest BCUT2D eigenvalue weighted by atomic mass is 16.2. The molecule has 0 aromatic heterocycles. The molecule has 0 aromatic rings. The average Bonchev–Trinajstić information content (AvgIpc) is 2.27. The van der Waals surface area contributed by atoms with Crippen molar-refractivity contribution in [3.05, 3.63) is 12.7 Å². The van der Waals surface area contributed by atoms with Crippen LogP contribution >= 0.6 is 0 Å². The van der Waals surface area contributed by atoms with Crippen LogP contribution in [0.5, 0.6) is 0 Å². The van der Waals surface area contributed by atoms with Crippen molar-refractivity contribution in [1.29, 1.82) is 0 Å². The Kier molecular flexibility index (Phi) is 4.96. The van der Waals surface area contributed by atoms with Gasteiger partial charge < -0.3 is 15.5 Å². The standard InChI is InChI=1S/C12H23N3O/c1-4-6-11(13)12(16)15(3)10-7-5-8-14(2)9-10/h4,10-11H,1,5-9,13H2,2-3H3. The second kappa shape index (κ2) is 6.01. The number of carbonyl (C=O) groups excluding carboxylic acids is 1. The molecule has 1 aliphatic heterocycles. The first-order valence-electron chi connectivity index (χ1n) is 5.88. The summed E-state index contributed by atoms with van der Waals surface area (Å²) < 4.78 is 0. The Hall–Kier alpha value is -0.870. The van der Waals surface area contributed by atoms with Crippen molar-refractivity contribution in [2.45, 2.75) is 31.3 Å². The van der Waals surface area contributed by atoms with E-state index in [1.54, 1.807) is 6.08 Å². The van der Waals surface area contributed by atoms with E-state index in [4.69, 9.17) is 5.73 Å². The first kappa shape index (κ1) is 13.2. The Bertz CT molecular complexity index is 255. The van der Waals surface area contributed by atoms with Gasteiger partial charge in [0.1, 0.15) is 0 Å². The van der Waals surface area contributed by atoms with Crippen LogP contribution in [-0.2, 0) is 4.79 Å². The molecular weight excluding hydrogens is 202 g/mol. The molecule has 0 bridgehead atoms. The van der Waals surface area contributed by atoms with Crippen LogP contribution in [-0.4, -0.2) is 55.0 Å². The highest BCUT2D eigenvalue weighted by Crippen LogP contribution is 2.14. The summed E-state index contributed by atoms with van der Waals surface area (Å²) in [6.07, 6.45) is 4.47. The SMILES string of the molecule is C=CCC(N)C(=O)N(C)C1CCCN(C)C1. The lowest BCUT2D eigenvalue weighted by Gasteiger charge is -2.36. The van der Waals surface area contributed by atoms with E-state index in [1.807, 2.05) is 11.9 Å². The number of hydrogen-bond acceptors (Lipinski definition) is 3. The molecule has 0 saturated carbocycles. The fourth-order valence-corrected chi connectivity index (χ4v) is 2.18. The molecule has 2 N–H and O–H groups in total. The zero-order valence-corrected chi connectivity index (χ0v) is 10.4. The van der Waals surface area contributed by atoms with Crippen molar-refractivity contribution >= 4 is 5.91 Å². The van der Waals surface area contributed by atoms with Crippen LogP contribution in [0.2, 0.25) is 0 Å². The predicted molar refractivity (Wildman–Crippen MR) is 66.1 cm³/mol. The van der Waals surface area contributed by atoms with Crippen molar-refractivity contribution in [3.8, 4) is 0 Å². The third kappa shape index (κ3) is 3.32. The lowest BCUT2D eigenvalue weighted by Crippen LogP contribution is -2.51. The maximum Gasteiger partial charge on any atom is 0.239 e. The Morgan fingerprint density at radius 3 is 3.00 bits per heavy atom. The van der Waals surface area contributed by atoms with Crippen LogP contribution in [0.4, 0.5) is 0 Å². The molecule has 1 fully saturated rings. The van der Waals surface area contributed by atoms with Crippen molar-refractivity contribution in [3.63, 3.8) is 0 Å². The minimum atomic E-state index is -0.435. The Morgan fingerprint density at radius 1 is 1.75 bits per heavy atom. The van der Waals surface area contributed by atoms with Gasteiger partial charge in [-0.05, 0) is 32.9 Å². The quantitative estimate of drug-likeness (QED) is 0.706. The number of amides is 1. The van der Waals surface area contributed by atoms with Crippen molar-refractivity contribution in [2.24, 2.45) is 5.73 Å². The fraction of sp³-hybridized carbons (Fsp3) is 0.750. The molecule has 1 amide bonds. The van der Waals surface area contributed by atoms with Gasteiger partial charge in [0.05, 0.1) is 6.04 Å². The highest BCUT2D eigenvalue weighted by Gasteiger charge is 2.26. The zero-order chi connectivity index (χ0) is 12.1. The second-order valence-corrected chi connectivity index (χ2v) is 4.64. The lowest BCUT2D eigenvalue weighted by molar-refractivity contribution is -0.134. The van der Waals surface area contributed by atoms with Crippen molar-refractivity contribution in [2.75, 3.05) is 27.2 Å². The van der Waals surface area contributed by atoms with E-state index in [-0.39, 0.29) is 5.91 Å². The molecule has 0 spiro atoms. The number of piperidine rings is 1. The van der Waals surface area contributed by atoms with E-state index in [0.29, 0.717) is 12.5 Å². The molecule has 0 aliphatic carbocycles. The van der Waals surface area contributed by atoms with Gasteiger partial charge in [-0.15, -0.1) is 6.58 Å². The first-order valence-corrected chi connectivity index (χ1v) is 5.88. The van der Waals surface area contributed by atoms with E-state index in [1.165, 1.54) is 0 Å². The van der Waals surface area contributed by atoms with E-state index >= 15 is 0 Å². The van der Waals surface area contributed by atoms with Gasteiger partial charge in [0.25, 0.3) is 0 Å². The van der Waals surface area contributed by atoms with E-state index < -0.39 is 6.04 Å². The van der Waals surface area contributed by atoms with Crippen LogP contribution in [0.15, 0.2) is 12.7 Å². The largest absolute Gasteiger partial charge is 0.340 e. The van der Waals surface area contributed by atoms with Gasteiger partial charge in [0.15, 0.2) is 0 Å². The maximum atomic E-state index is 12.0. The van der Waals surface area contributed by atoms with Gasteiger partial charge in [-0.25, -0.2) is 0 Å². The third-order valence-corrected chi connectivity index (χ3v) is 3.23. The number of nitrogens with two attached hydrogens (primary N) is 1. The topological polar surface area (TPSA) is 49.6 Å². The van der Waals surface area contributed by atoms with E-state index in [9.17, 15) is 4.79 Å². The number of hydrogen-bond donors (Lipinski definition) is 1. The number of carbonyl (C=O) groups is 1. The number of rotatable bonds is 4. The van der Waals surface area contributed by atoms with Crippen molar-refractivity contribution in [1.82, 2.24) is 9.80 Å². The lowest BCUT2D eigenvalue weighted by atomic mass is 10.0. The molecule has 1 aliphatic rings. The Labute approximate surface area is 98.1 Å². The van der Waals surface area contributed by atoms with Crippen LogP contribution in [0.25, 0.3) is 0 Å². The molecule has 2 unspecified atom stereocenters. The summed E-state index contributed by atoms with van der Waals surface area (Å²) in [7, 11) is 3.95. The number of likely N-dealkylation sites (N-methyl/N-ethyl adjacent to an activating group) is 2. The summed E-state index contributed by atoms with van der Waals surface area (Å²) in [5, 5.41) is 0. The third-order valence-electron chi connectivity index (χ3n) is 3.23. The molecule has 16 heavy (non-hydrogen) atoms. The molecule has 2 atom stereocenters. The molecule has 92 valence electrons.